The molecule has 2 aliphatic rings. The van der Waals surface area contributed by atoms with Crippen LogP contribution in [0.1, 0.15) is 39.5 Å². The van der Waals surface area contributed by atoms with Crippen molar-refractivity contribution in [1.29, 1.82) is 0 Å². The van der Waals surface area contributed by atoms with E-state index in [1.54, 1.807) is 0 Å². The van der Waals surface area contributed by atoms with Gasteiger partial charge in [-0.2, -0.15) is 0 Å². The fourth-order valence-corrected chi connectivity index (χ4v) is 3.81. The number of likely N-dealkylation sites (tertiary alicyclic amines) is 1. The van der Waals surface area contributed by atoms with E-state index in [2.05, 4.69) is 29.1 Å². The van der Waals surface area contributed by atoms with Crippen molar-refractivity contribution in [1.82, 2.24) is 10.2 Å². The Kier molecular flexibility index (Phi) is 5.16. The molecule has 1 N–H and O–H groups in total. The van der Waals surface area contributed by atoms with Gasteiger partial charge in [0, 0.05) is 17.8 Å². The second kappa shape index (κ2) is 6.64. The SMILES string of the molecule is CC1CC(C)SC(=NCCCN2CCCC2)N1. The number of aliphatic imine (C=N–C) groups is 1. The van der Waals surface area contributed by atoms with Crippen molar-refractivity contribution in [3.63, 3.8) is 0 Å². The molecule has 3 nitrogen and oxygen atoms in total. The van der Waals surface area contributed by atoms with Crippen molar-refractivity contribution in [2.24, 2.45) is 4.99 Å². The zero-order valence-electron chi connectivity index (χ0n) is 11.1. The lowest BCUT2D eigenvalue weighted by Crippen LogP contribution is -2.38. The predicted octanol–water partition coefficient (Wildman–Crippen LogP) is 2.33. The van der Waals surface area contributed by atoms with E-state index in [1.807, 2.05) is 11.8 Å². The van der Waals surface area contributed by atoms with Gasteiger partial charge in [-0.1, -0.05) is 18.7 Å². The van der Waals surface area contributed by atoms with Gasteiger partial charge in [0.2, 0.25) is 0 Å². The van der Waals surface area contributed by atoms with Crippen molar-refractivity contribution in [3.05, 3.63) is 0 Å². The van der Waals surface area contributed by atoms with Crippen molar-refractivity contribution < 1.29 is 0 Å². The molecule has 0 bridgehead atoms. The van der Waals surface area contributed by atoms with Gasteiger partial charge in [-0.25, -0.2) is 0 Å². The molecule has 0 aromatic heterocycles. The molecule has 2 fully saturated rings. The van der Waals surface area contributed by atoms with Crippen molar-refractivity contribution in [2.45, 2.75) is 50.8 Å². The lowest BCUT2D eigenvalue weighted by Gasteiger charge is -2.26. The Balaban J connectivity index is 1.65. The lowest BCUT2D eigenvalue weighted by molar-refractivity contribution is 0.336. The van der Waals surface area contributed by atoms with Gasteiger partial charge >= 0.3 is 0 Å². The summed E-state index contributed by atoms with van der Waals surface area (Å²) in [6, 6.07) is 0.587. The molecule has 0 aliphatic carbocycles. The molecule has 2 rings (SSSR count). The molecule has 0 aromatic carbocycles. The predicted molar refractivity (Wildman–Crippen MR) is 76.9 cm³/mol. The van der Waals surface area contributed by atoms with Gasteiger partial charge in [0.15, 0.2) is 5.17 Å². The third-order valence-electron chi connectivity index (χ3n) is 3.45. The zero-order chi connectivity index (χ0) is 12.1. The smallest absolute Gasteiger partial charge is 0.157 e. The first kappa shape index (κ1) is 13.2. The van der Waals surface area contributed by atoms with Gasteiger partial charge in [-0.15, -0.1) is 0 Å². The van der Waals surface area contributed by atoms with Crippen LogP contribution in [0, 0.1) is 0 Å². The maximum Gasteiger partial charge on any atom is 0.157 e. The molecule has 0 spiro atoms. The molecule has 2 atom stereocenters. The molecule has 4 heteroatoms. The zero-order valence-corrected chi connectivity index (χ0v) is 11.9. The van der Waals surface area contributed by atoms with Crippen LogP contribution in [0.3, 0.4) is 0 Å². The Morgan fingerprint density at radius 2 is 2.12 bits per heavy atom. The second-order valence-corrected chi connectivity index (χ2v) is 6.73. The Morgan fingerprint density at radius 1 is 1.35 bits per heavy atom. The summed E-state index contributed by atoms with van der Waals surface area (Å²) in [5.74, 6) is 0. The first-order valence-electron chi connectivity index (χ1n) is 6.94. The highest BCUT2D eigenvalue weighted by Crippen LogP contribution is 2.22. The number of amidine groups is 1. The topological polar surface area (TPSA) is 27.6 Å². The minimum atomic E-state index is 0.587. The standard InChI is InChI=1S/C13H25N3S/c1-11-10-12(2)17-13(15-11)14-6-5-9-16-7-3-4-8-16/h11-12H,3-10H2,1-2H3,(H,14,15). The molecular formula is C13H25N3S. The molecule has 17 heavy (non-hydrogen) atoms. The fraction of sp³-hybridized carbons (Fsp3) is 0.923. The largest absolute Gasteiger partial charge is 0.362 e. The highest BCUT2D eigenvalue weighted by atomic mass is 32.2. The number of nitrogens with zero attached hydrogens (tertiary/aromatic N) is 2. The quantitative estimate of drug-likeness (QED) is 0.781. The summed E-state index contributed by atoms with van der Waals surface area (Å²) in [5, 5.41) is 5.35. The fourth-order valence-electron chi connectivity index (χ4n) is 2.60. The van der Waals surface area contributed by atoms with Crippen molar-refractivity contribution in [2.75, 3.05) is 26.2 Å². The van der Waals surface area contributed by atoms with Gasteiger partial charge in [-0.3, -0.25) is 4.99 Å². The first-order valence-corrected chi connectivity index (χ1v) is 7.82. The van der Waals surface area contributed by atoms with Gasteiger partial charge in [-0.05, 0) is 52.2 Å². The van der Waals surface area contributed by atoms with Gasteiger partial charge in [0.25, 0.3) is 0 Å². The number of hydrogen-bond donors (Lipinski definition) is 1. The maximum atomic E-state index is 4.69. The van der Waals surface area contributed by atoms with Gasteiger partial charge in [0.1, 0.15) is 0 Å². The Bertz CT molecular complexity index is 249. The Hall–Kier alpha value is -0.220. The van der Waals surface area contributed by atoms with E-state index >= 15 is 0 Å². The van der Waals surface area contributed by atoms with E-state index in [1.165, 1.54) is 45.3 Å². The van der Waals surface area contributed by atoms with E-state index in [-0.39, 0.29) is 0 Å². The summed E-state index contributed by atoms with van der Waals surface area (Å²) in [7, 11) is 0. The number of hydrogen-bond acceptors (Lipinski definition) is 3. The van der Waals surface area contributed by atoms with Crippen LogP contribution >= 0.6 is 11.8 Å². The van der Waals surface area contributed by atoms with Crippen LogP contribution in [-0.2, 0) is 0 Å². The molecule has 2 aliphatic heterocycles. The van der Waals surface area contributed by atoms with Crippen molar-refractivity contribution in [3.8, 4) is 0 Å². The summed E-state index contributed by atoms with van der Waals surface area (Å²) in [6.07, 6.45) is 5.23. The van der Waals surface area contributed by atoms with Crippen LogP contribution in [0.5, 0.6) is 0 Å². The number of nitrogens with one attached hydrogen (secondary N) is 1. The minimum Gasteiger partial charge on any atom is -0.362 e. The normalized spacial score (nSPS) is 32.9. The molecular weight excluding hydrogens is 230 g/mol. The van der Waals surface area contributed by atoms with E-state index in [0.717, 1.165) is 11.7 Å². The highest BCUT2D eigenvalue weighted by molar-refractivity contribution is 8.14. The summed E-state index contributed by atoms with van der Waals surface area (Å²) >= 11 is 1.90. The molecule has 2 saturated heterocycles. The third kappa shape index (κ3) is 4.51. The van der Waals surface area contributed by atoms with E-state index in [4.69, 9.17) is 0 Å². The van der Waals surface area contributed by atoms with Crippen LogP contribution in [-0.4, -0.2) is 47.5 Å². The Morgan fingerprint density at radius 3 is 2.82 bits per heavy atom. The van der Waals surface area contributed by atoms with Crippen LogP contribution < -0.4 is 5.32 Å². The monoisotopic (exact) mass is 255 g/mol. The molecule has 2 unspecified atom stereocenters. The number of rotatable bonds is 4. The second-order valence-electron chi connectivity index (χ2n) is 5.30. The van der Waals surface area contributed by atoms with Crippen LogP contribution in [0.15, 0.2) is 4.99 Å². The molecule has 0 amide bonds. The van der Waals surface area contributed by atoms with E-state index in [9.17, 15) is 0 Å². The lowest BCUT2D eigenvalue weighted by atomic mass is 10.2. The van der Waals surface area contributed by atoms with Crippen LogP contribution in [0.25, 0.3) is 0 Å². The number of thioether (sulfide) groups is 1. The van der Waals surface area contributed by atoms with E-state index < -0.39 is 0 Å². The molecule has 98 valence electrons. The maximum absolute atomic E-state index is 4.69. The molecule has 0 aromatic rings. The van der Waals surface area contributed by atoms with Gasteiger partial charge in [0.05, 0.1) is 0 Å². The summed E-state index contributed by atoms with van der Waals surface area (Å²) in [5.41, 5.74) is 0. The molecule has 2 heterocycles. The highest BCUT2D eigenvalue weighted by Gasteiger charge is 2.19. The van der Waals surface area contributed by atoms with Crippen molar-refractivity contribution >= 4 is 16.9 Å². The van der Waals surface area contributed by atoms with Gasteiger partial charge < -0.3 is 10.2 Å². The average molecular weight is 255 g/mol. The van der Waals surface area contributed by atoms with Crippen LogP contribution in [0.2, 0.25) is 0 Å². The summed E-state index contributed by atoms with van der Waals surface area (Å²) < 4.78 is 0. The van der Waals surface area contributed by atoms with E-state index in [0.29, 0.717) is 11.3 Å². The Labute approximate surface area is 109 Å². The average Bonchev–Trinajstić information content (AvgIpc) is 2.76. The first-order chi connectivity index (χ1) is 8.24. The van der Waals surface area contributed by atoms with Crippen LogP contribution in [0.4, 0.5) is 0 Å². The third-order valence-corrected chi connectivity index (χ3v) is 4.52. The molecule has 0 radical (unpaired) electrons. The summed E-state index contributed by atoms with van der Waals surface area (Å²) in [6.45, 7) is 9.35. The summed E-state index contributed by atoms with van der Waals surface area (Å²) in [4.78, 5) is 7.25. The minimum absolute atomic E-state index is 0.587. The molecule has 0 saturated carbocycles.